The number of hydrazine groups is 1. The standard InChI is InChI=1S/C18H22F2N4O4/c1-12(26)2-3-14-10-24(18(27)28-14)13-8-15(19)17(16(20)9-13)22-5-4-21-23(11-25)7-6-22/h8-9,11,14,21H,2-7,10H2,1H3/t14-/m0/s1. The summed E-state index contributed by atoms with van der Waals surface area (Å²) >= 11 is 0. The predicted molar refractivity (Wildman–Crippen MR) is 96.9 cm³/mol. The van der Waals surface area contributed by atoms with Crippen molar-refractivity contribution in [2.75, 3.05) is 42.5 Å². The van der Waals surface area contributed by atoms with Crippen LogP contribution in [0.25, 0.3) is 0 Å². The highest BCUT2D eigenvalue weighted by Gasteiger charge is 2.33. The lowest BCUT2D eigenvalue weighted by molar-refractivity contribution is -0.120. The zero-order chi connectivity index (χ0) is 20.3. The predicted octanol–water partition coefficient (Wildman–Crippen LogP) is 1.44. The number of hydrogen-bond donors (Lipinski definition) is 1. The van der Waals surface area contributed by atoms with E-state index in [4.69, 9.17) is 4.74 Å². The molecule has 0 aromatic heterocycles. The zero-order valence-corrected chi connectivity index (χ0v) is 15.5. The van der Waals surface area contributed by atoms with Crippen molar-refractivity contribution in [1.29, 1.82) is 0 Å². The lowest BCUT2D eigenvalue weighted by Gasteiger charge is -2.24. The van der Waals surface area contributed by atoms with Crippen molar-refractivity contribution in [3.8, 4) is 0 Å². The molecular formula is C18H22F2N4O4. The molecule has 2 amide bonds. The van der Waals surface area contributed by atoms with Crippen LogP contribution in [0, 0.1) is 11.6 Å². The number of carbonyl (C=O) groups is 3. The number of anilines is 2. The van der Waals surface area contributed by atoms with Gasteiger partial charge in [-0.3, -0.25) is 14.7 Å². The minimum absolute atomic E-state index is 0.0176. The molecule has 0 spiro atoms. The molecule has 1 aromatic rings. The highest BCUT2D eigenvalue weighted by Crippen LogP contribution is 2.31. The normalized spacial score (nSPS) is 20.2. The van der Waals surface area contributed by atoms with Crippen molar-refractivity contribution in [2.24, 2.45) is 0 Å². The van der Waals surface area contributed by atoms with E-state index < -0.39 is 23.8 Å². The number of ketones is 1. The molecule has 2 aliphatic rings. The van der Waals surface area contributed by atoms with E-state index in [1.807, 2.05) is 0 Å². The van der Waals surface area contributed by atoms with Gasteiger partial charge in [-0.05, 0) is 13.3 Å². The average molecular weight is 396 g/mol. The van der Waals surface area contributed by atoms with E-state index in [0.29, 0.717) is 25.9 Å². The van der Waals surface area contributed by atoms with Gasteiger partial charge < -0.3 is 14.4 Å². The topological polar surface area (TPSA) is 82.2 Å². The average Bonchev–Trinajstić information content (AvgIpc) is 2.85. The van der Waals surface area contributed by atoms with Gasteiger partial charge in [0.2, 0.25) is 6.41 Å². The Morgan fingerprint density at radius 2 is 2.00 bits per heavy atom. The third-order valence-electron chi connectivity index (χ3n) is 4.76. The summed E-state index contributed by atoms with van der Waals surface area (Å²) in [6, 6.07) is 2.20. The Balaban J connectivity index is 1.75. The zero-order valence-electron chi connectivity index (χ0n) is 15.5. The highest BCUT2D eigenvalue weighted by atomic mass is 19.1. The van der Waals surface area contributed by atoms with Crippen LogP contribution < -0.4 is 15.2 Å². The monoisotopic (exact) mass is 396 g/mol. The molecule has 0 saturated carbocycles. The van der Waals surface area contributed by atoms with Gasteiger partial charge >= 0.3 is 6.09 Å². The van der Waals surface area contributed by atoms with Gasteiger partial charge in [-0.2, -0.15) is 0 Å². The molecule has 28 heavy (non-hydrogen) atoms. The minimum atomic E-state index is -0.797. The first-order valence-corrected chi connectivity index (χ1v) is 9.06. The fourth-order valence-corrected chi connectivity index (χ4v) is 3.32. The van der Waals surface area contributed by atoms with Crippen molar-refractivity contribution in [3.63, 3.8) is 0 Å². The Morgan fingerprint density at radius 3 is 2.64 bits per heavy atom. The minimum Gasteiger partial charge on any atom is -0.444 e. The second kappa shape index (κ2) is 8.51. The highest BCUT2D eigenvalue weighted by molar-refractivity contribution is 5.90. The van der Waals surface area contributed by atoms with Crippen molar-refractivity contribution >= 4 is 29.7 Å². The van der Waals surface area contributed by atoms with Gasteiger partial charge in [-0.1, -0.05) is 0 Å². The lowest BCUT2D eigenvalue weighted by atomic mass is 10.1. The third-order valence-corrected chi connectivity index (χ3v) is 4.76. The molecule has 1 aromatic carbocycles. The second-order valence-corrected chi connectivity index (χ2v) is 6.81. The van der Waals surface area contributed by atoms with Crippen molar-refractivity contribution in [2.45, 2.75) is 25.9 Å². The van der Waals surface area contributed by atoms with Crippen LogP contribution in [0.2, 0.25) is 0 Å². The number of nitrogens with one attached hydrogen (secondary N) is 1. The van der Waals surface area contributed by atoms with Crippen molar-refractivity contribution < 1.29 is 27.9 Å². The van der Waals surface area contributed by atoms with Crippen LogP contribution in [0.1, 0.15) is 19.8 Å². The van der Waals surface area contributed by atoms with Crippen LogP contribution in [0.4, 0.5) is 25.0 Å². The van der Waals surface area contributed by atoms with E-state index in [2.05, 4.69) is 5.43 Å². The van der Waals surface area contributed by atoms with Crippen LogP contribution in [-0.4, -0.2) is 62.1 Å². The molecule has 10 heteroatoms. The van der Waals surface area contributed by atoms with Gasteiger partial charge in [0.25, 0.3) is 0 Å². The molecule has 3 rings (SSSR count). The summed E-state index contributed by atoms with van der Waals surface area (Å²) < 4.78 is 34.6. The lowest BCUT2D eigenvalue weighted by Crippen LogP contribution is -2.37. The van der Waals surface area contributed by atoms with Gasteiger partial charge in [0.15, 0.2) is 11.6 Å². The van der Waals surface area contributed by atoms with Crippen LogP contribution >= 0.6 is 0 Å². The molecule has 8 nitrogen and oxygen atoms in total. The summed E-state index contributed by atoms with van der Waals surface area (Å²) in [5.74, 6) is -1.61. The quantitative estimate of drug-likeness (QED) is 0.733. The summed E-state index contributed by atoms with van der Waals surface area (Å²) in [6.45, 7) is 2.79. The summed E-state index contributed by atoms with van der Waals surface area (Å²) in [5.41, 5.74) is 2.71. The summed E-state index contributed by atoms with van der Waals surface area (Å²) in [6.07, 6.45) is 0.0814. The molecule has 0 aliphatic carbocycles. The number of cyclic esters (lactones) is 1. The molecular weight excluding hydrogens is 374 g/mol. The Morgan fingerprint density at radius 1 is 1.29 bits per heavy atom. The number of ether oxygens (including phenoxy) is 1. The van der Waals surface area contributed by atoms with Crippen LogP contribution in [0.15, 0.2) is 12.1 Å². The van der Waals surface area contributed by atoms with Crippen molar-refractivity contribution in [3.05, 3.63) is 23.8 Å². The number of nitrogens with zero attached hydrogens (tertiary/aromatic N) is 3. The smallest absolute Gasteiger partial charge is 0.414 e. The number of halogens is 2. The molecule has 1 atom stereocenters. The number of carbonyl (C=O) groups excluding carboxylic acids is 3. The second-order valence-electron chi connectivity index (χ2n) is 6.81. The number of benzene rings is 1. The van der Waals surface area contributed by atoms with Crippen LogP contribution in [-0.2, 0) is 14.3 Å². The molecule has 2 heterocycles. The molecule has 2 fully saturated rings. The van der Waals surface area contributed by atoms with E-state index in [0.717, 1.165) is 12.1 Å². The molecule has 2 saturated heterocycles. The Labute approximate surface area is 161 Å². The maximum Gasteiger partial charge on any atom is 0.414 e. The SMILES string of the molecule is CC(=O)CC[C@H]1CN(c2cc(F)c(N3CCNN(C=O)CC3)c(F)c2)C(=O)O1. The fraction of sp³-hybridized carbons (Fsp3) is 0.500. The fourth-order valence-electron chi connectivity index (χ4n) is 3.32. The first kappa shape index (κ1) is 20.0. The van der Waals surface area contributed by atoms with E-state index >= 15 is 0 Å². The number of hydrogen-bond acceptors (Lipinski definition) is 6. The maximum absolute atomic E-state index is 14.7. The van der Waals surface area contributed by atoms with E-state index in [1.165, 1.54) is 21.7 Å². The molecule has 0 radical (unpaired) electrons. The van der Waals surface area contributed by atoms with E-state index in [-0.39, 0.29) is 43.2 Å². The van der Waals surface area contributed by atoms with Gasteiger partial charge in [0.05, 0.1) is 18.8 Å². The molecule has 0 unspecified atom stereocenters. The van der Waals surface area contributed by atoms with Gasteiger partial charge in [-0.25, -0.2) is 19.0 Å². The molecule has 1 N–H and O–H groups in total. The van der Waals surface area contributed by atoms with Crippen molar-refractivity contribution in [1.82, 2.24) is 10.4 Å². The van der Waals surface area contributed by atoms with Gasteiger partial charge in [0.1, 0.15) is 17.6 Å². The number of rotatable bonds is 6. The van der Waals surface area contributed by atoms with Gasteiger partial charge in [0, 0.05) is 38.2 Å². The largest absolute Gasteiger partial charge is 0.444 e. The van der Waals surface area contributed by atoms with Gasteiger partial charge in [-0.15, -0.1) is 0 Å². The van der Waals surface area contributed by atoms with E-state index in [1.54, 1.807) is 0 Å². The number of Topliss-reactive ketones (excluding diaryl/α,β-unsaturated/α-hetero) is 1. The Bertz CT molecular complexity index is 753. The molecule has 152 valence electrons. The number of amides is 2. The Kier molecular flexibility index (Phi) is 6.08. The van der Waals surface area contributed by atoms with E-state index in [9.17, 15) is 23.2 Å². The van der Waals surface area contributed by atoms with Crippen LogP contribution in [0.3, 0.4) is 0 Å². The maximum atomic E-state index is 14.7. The first-order valence-electron chi connectivity index (χ1n) is 9.06. The summed E-state index contributed by atoms with van der Waals surface area (Å²) in [4.78, 5) is 36.7. The van der Waals surface area contributed by atoms with Crippen LogP contribution in [0.5, 0.6) is 0 Å². The summed E-state index contributed by atoms with van der Waals surface area (Å²) in [7, 11) is 0. The Hall–Kier alpha value is -2.75. The third kappa shape index (κ3) is 4.38. The summed E-state index contributed by atoms with van der Waals surface area (Å²) in [5, 5.41) is 1.33. The molecule has 0 bridgehead atoms. The first-order chi connectivity index (χ1) is 13.4. The molecule has 2 aliphatic heterocycles.